The number of anilines is 1. The Morgan fingerprint density at radius 2 is 1.41 bits per heavy atom. The number of nitrogens with zero attached hydrogens (tertiary/aromatic N) is 2. The summed E-state index contributed by atoms with van der Waals surface area (Å²) in [5.74, 6) is -1.48. The molecule has 2 N–H and O–H groups in total. The van der Waals surface area contributed by atoms with Crippen molar-refractivity contribution in [3.63, 3.8) is 0 Å². The van der Waals surface area contributed by atoms with E-state index >= 15 is 0 Å². The van der Waals surface area contributed by atoms with Crippen LogP contribution in [0.2, 0.25) is 0 Å². The number of aliphatic hydroxyl groups is 1. The number of aryl methyl sites for hydroxylation is 4. The van der Waals surface area contributed by atoms with Gasteiger partial charge in [0.05, 0.1) is 5.69 Å². The van der Waals surface area contributed by atoms with Crippen molar-refractivity contribution < 1.29 is 9.90 Å². The summed E-state index contributed by atoms with van der Waals surface area (Å²) < 4.78 is 0. The molecule has 0 aliphatic carbocycles. The summed E-state index contributed by atoms with van der Waals surface area (Å²) >= 11 is 0. The molecule has 1 atom stereocenters. The number of rotatable bonds is 5. The monoisotopic (exact) mass is 517 g/mol. The van der Waals surface area contributed by atoms with Gasteiger partial charge in [-0.05, 0) is 56.0 Å². The quantitative estimate of drug-likeness (QED) is 0.299. The van der Waals surface area contributed by atoms with E-state index in [1.807, 2.05) is 94.4 Å². The Bertz CT molecular complexity index is 1590. The second-order valence-electron chi connectivity index (χ2n) is 11.0. The zero-order valence-electron chi connectivity index (χ0n) is 23.4. The number of urea groups is 1. The Hall–Kier alpha value is -4.22. The third kappa shape index (κ3) is 4.64. The molecule has 2 amide bonds. The van der Waals surface area contributed by atoms with Gasteiger partial charge in [-0.2, -0.15) is 4.99 Å². The first-order valence-electron chi connectivity index (χ1n) is 13.3. The second kappa shape index (κ2) is 9.83. The number of nitrogens with one attached hydrogen (secondary N) is 1. The van der Waals surface area contributed by atoms with E-state index in [0.29, 0.717) is 11.4 Å². The smallest absolute Gasteiger partial charge is 0.346 e. The highest BCUT2D eigenvalue weighted by atomic mass is 16.3. The number of benzene rings is 4. The molecule has 4 aromatic rings. The van der Waals surface area contributed by atoms with Crippen molar-refractivity contribution in [1.29, 1.82) is 0 Å². The second-order valence-corrected chi connectivity index (χ2v) is 11.0. The SMILES string of the molecule is Cc1ccc(C2=NC(=O)NC(O)(c3ccc(C)cc3C)N2c2ccccc2C(C)(C)c2ccccc2)c(C)c1. The fourth-order valence-corrected chi connectivity index (χ4v) is 5.67. The van der Waals surface area contributed by atoms with E-state index in [-0.39, 0.29) is 0 Å². The normalized spacial score (nSPS) is 17.6. The fraction of sp³-hybridized carbons (Fsp3) is 0.235. The number of hydrogen-bond acceptors (Lipinski definition) is 3. The lowest BCUT2D eigenvalue weighted by molar-refractivity contribution is 0.0196. The maximum absolute atomic E-state index is 13.2. The van der Waals surface area contributed by atoms with Gasteiger partial charge in [0.2, 0.25) is 0 Å². The molecule has 5 nitrogen and oxygen atoms in total. The van der Waals surface area contributed by atoms with Crippen LogP contribution in [0, 0.1) is 27.7 Å². The highest BCUT2D eigenvalue weighted by molar-refractivity contribution is 6.17. The molecule has 1 unspecified atom stereocenters. The Balaban J connectivity index is 1.83. The number of aliphatic imine (C=N–C) groups is 1. The van der Waals surface area contributed by atoms with Crippen LogP contribution >= 0.6 is 0 Å². The predicted molar refractivity (Wildman–Crippen MR) is 158 cm³/mol. The van der Waals surface area contributed by atoms with Crippen LogP contribution in [0.15, 0.2) is 96.0 Å². The van der Waals surface area contributed by atoms with Gasteiger partial charge in [0.15, 0.2) is 0 Å². The predicted octanol–water partition coefficient (Wildman–Crippen LogP) is 7.03. The number of amidine groups is 1. The third-order valence-corrected chi connectivity index (χ3v) is 7.72. The molecular formula is C34H35N3O2. The summed E-state index contributed by atoms with van der Waals surface area (Å²) in [6.45, 7) is 12.4. The Morgan fingerprint density at radius 1 is 0.795 bits per heavy atom. The zero-order valence-corrected chi connectivity index (χ0v) is 23.4. The molecule has 5 heteroatoms. The lowest BCUT2D eigenvalue weighted by Gasteiger charge is -2.46. The third-order valence-electron chi connectivity index (χ3n) is 7.72. The Kier molecular flexibility index (Phi) is 6.65. The van der Waals surface area contributed by atoms with Gasteiger partial charge < -0.3 is 5.11 Å². The number of para-hydroxylation sites is 1. The molecule has 198 valence electrons. The van der Waals surface area contributed by atoms with Gasteiger partial charge in [-0.25, -0.2) is 4.79 Å². The van der Waals surface area contributed by atoms with E-state index in [1.54, 1.807) is 4.90 Å². The first-order chi connectivity index (χ1) is 18.5. The van der Waals surface area contributed by atoms with Crippen LogP contribution in [0.25, 0.3) is 0 Å². The minimum Gasteiger partial charge on any atom is -0.350 e. The van der Waals surface area contributed by atoms with Gasteiger partial charge in [0, 0.05) is 16.5 Å². The zero-order chi connectivity index (χ0) is 27.9. The van der Waals surface area contributed by atoms with Gasteiger partial charge in [-0.1, -0.05) is 110 Å². The molecule has 0 spiro atoms. The molecule has 0 aromatic heterocycles. The molecule has 0 saturated carbocycles. The summed E-state index contributed by atoms with van der Waals surface area (Å²) in [5, 5.41) is 15.5. The van der Waals surface area contributed by atoms with Crippen molar-refractivity contribution in [2.75, 3.05) is 4.90 Å². The van der Waals surface area contributed by atoms with Crippen LogP contribution in [0.4, 0.5) is 10.5 Å². The van der Waals surface area contributed by atoms with E-state index in [1.165, 1.54) is 0 Å². The summed E-state index contributed by atoms with van der Waals surface area (Å²) in [7, 11) is 0. The topological polar surface area (TPSA) is 64.9 Å². The molecule has 5 rings (SSSR count). The minimum absolute atomic E-state index is 0.398. The number of carbonyl (C=O) groups is 1. The fourth-order valence-electron chi connectivity index (χ4n) is 5.67. The van der Waals surface area contributed by atoms with E-state index < -0.39 is 17.3 Å². The first-order valence-corrected chi connectivity index (χ1v) is 13.3. The molecule has 0 fully saturated rings. The van der Waals surface area contributed by atoms with Gasteiger partial charge in [-0.3, -0.25) is 10.2 Å². The van der Waals surface area contributed by atoms with E-state index in [9.17, 15) is 9.90 Å². The average molecular weight is 518 g/mol. The maximum Gasteiger partial charge on any atom is 0.346 e. The van der Waals surface area contributed by atoms with Crippen LogP contribution in [0.3, 0.4) is 0 Å². The lowest BCUT2D eigenvalue weighted by atomic mass is 9.77. The van der Waals surface area contributed by atoms with Crippen LogP contribution in [0.1, 0.15) is 58.4 Å². The molecule has 4 aromatic carbocycles. The van der Waals surface area contributed by atoms with Crippen LogP contribution in [-0.4, -0.2) is 17.0 Å². The summed E-state index contributed by atoms with van der Waals surface area (Å²) in [5.41, 5.74) is 7.86. The van der Waals surface area contributed by atoms with E-state index in [2.05, 4.69) is 48.4 Å². The molecule has 1 aliphatic rings. The molecule has 0 radical (unpaired) electrons. The minimum atomic E-state index is -1.88. The van der Waals surface area contributed by atoms with Gasteiger partial charge >= 0.3 is 6.03 Å². The number of carbonyl (C=O) groups excluding carboxylic acids is 1. The molecule has 39 heavy (non-hydrogen) atoms. The van der Waals surface area contributed by atoms with Crippen LogP contribution < -0.4 is 10.2 Å². The van der Waals surface area contributed by atoms with Crippen molar-refractivity contribution in [1.82, 2.24) is 5.32 Å². The van der Waals surface area contributed by atoms with Crippen molar-refractivity contribution >= 4 is 17.6 Å². The van der Waals surface area contributed by atoms with Crippen molar-refractivity contribution in [3.05, 3.63) is 136 Å². The first kappa shape index (κ1) is 26.4. The van der Waals surface area contributed by atoms with Gasteiger partial charge in [-0.15, -0.1) is 0 Å². The maximum atomic E-state index is 13.2. The Morgan fingerprint density at radius 3 is 2.08 bits per heavy atom. The molecule has 1 heterocycles. The largest absolute Gasteiger partial charge is 0.350 e. The highest BCUT2D eigenvalue weighted by Crippen LogP contribution is 2.43. The van der Waals surface area contributed by atoms with Crippen molar-refractivity contribution in [3.8, 4) is 0 Å². The Labute approximate surface area is 230 Å². The van der Waals surface area contributed by atoms with Crippen LogP contribution in [-0.2, 0) is 11.3 Å². The molecule has 1 aliphatic heterocycles. The lowest BCUT2D eigenvalue weighted by Crippen LogP contribution is -2.64. The average Bonchev–Trinajstić information content (AvgIpc) is 2.88. The van der Waals surface area contributed by atoms with Crippen LogP contribution in [0.5, 0.6) is 0 Å². The van der Waals surface area contributed by atoms with E-state index in [4.69, 9.17) is 0 Å². The highest BCUT2D eigenvalue weighted by Gasteiger charge is 2.47. The number of amides is 2. The molecule has 0 saturated heterocycles. The number of hydrogen-bond donors (Lipinski definition) is 2. The van der Waals surface area contributed by atoms with Crippen molar-refractivity contribution in [2.24, 2.45) is 4.99 Å². The van der Waals surface area contributed by atoms with Crippen molar-refractivity contribution in [2.45, 2.75) is 52.8 Å². The van der Waals surface area contributed by atoms with Gasteiger partial charge in [0.1, 0.15) is 5.84 Å². The summed E-state index contributed by atoms with van der Waals surface area (Å²) in [6, 6.07) is 29.7. The standard InChI is InChI=1S/C34H35N3O2/c1-22-16-18-27(24(3)20-22)31-35-32(38)36-34(39,28-19-17-23(2)21-25(28)4)37(31)30-15-11-10-14-29(30)33(5,6)26-12-8-7-9-13-26/h7-21,39H,1-6H3,(H,36,38). The molecule has 0 bridgehead atoms. The molecular weight excluding hydrogens is 482 g/mol. The summed E-state index contributed by atoms with van der Waals surface area (Å²) in [4.78, 5) is 19.5. The summed E-state index contributed by atoms with van der Waals surface area (Å²) in [6.07, 6.45) is 0. The van der Waals surface area contributed by atoms with Gasteiger partial charge in [0.25, 0.3) is 5.85 Å². The van der Waals surface area contributed by atoms with E-state index in [0.717, 1.165) is 44.6 Å².